The molecule has 1 aliphatic carbocycles. The highest BCUT2D eigenvalue weighted by Gasteiger charge is 2.07. The highest BCUT2D eigenvalue weighted by atomic mass is 32.1. The average Bonchev–Trinajstić information content (AvgIpc) is 2.40. The predicted molar refractivity (Wildman–Crippen MR) is 45.8 cm³/mol. The van der Waals surface area contributed by atoms with E-state index in [0.29, 0.717) is 5.11 Å². The lowest BCUT2D eigenvalue weighted by Gasteiger charge is -1.95. The number of hydrogen-bond donors (Lipinski definition) is 2. The summed E-state index contributed by atoms with van der Waals surface area (Å²) in [6.45, 7) is 0. The van der Waals surface area contributed by atoms with E-state index in [1.165, 1.54) is 18.6 Å². The zero-order valence-electron chi connectivity index (χ0n) is 5.76. The second kappa shape index (κ2) is 3.63. The first kappa shape index (κ1) is 7.63. The predicted octanol–water partition coefficient (Wildman–Crippen LogP) is 0.750. The number of hydrogen-bond acceptors (Lipinski definition) is 2. The highest BCUT2D eigenvalue weighted by Crippen LogP contribution is 2.14. The summed E-state index contributed by atoms with van der Waals surface area (Å²) in [7, 11) is 0. The van der Waals surface area contributed by atoms with E-state index in [1.807, 2.05) is 0 Å². The molecule has 0 aromatic heterocycles. The van der Waals surface area contributed by atoms with Crippen LogP contribution >= 0.6 is 12.2 Å². The van der Waals surface area contributed by atoms with Gasteiger partial charge in [-0.2, -0.15) is 0 Å². The summed E-state index contributed by atoms with van der Waals surface area (Å²) in [5, 5.41) is 0.400. The Labute approximate surface area is 65.7 Å². The van der Waals surface area contributed by atoms with Gasteiger partial charge in [-0.3, -0.25) is 5.43 Å². The summed E-state index contributed by atoms with van der Waals surface area (Å²) in [5.74, 6) is 5.05. The third kappa shape index (κ3) is 2.04. The molecule has 0 aromatic rings. The zero-order valence-corrected chi connectivity index (χ0v) is 6.58. The highest BCUT2D eigenvalue weighted by molar-refractivity contribution is 7.80. The molecule has 3 nitrogen and oxygen atoms in total. The Bertz CT molecular complexity index is 156. The SMILES string of the molecule is NNC(=S)N=C1CCCC1. The van der Waals surface area contributed by atoms with Gasteiger partial charge in [-0.1, -0.05) is 0 Å². The molecular formula is C6H11N3S. The number of rotatable bonds is 0. The van der Waals surface area contributed by atoms with Crippen LogP contribution in [0, 0.1) is 0 Å². The third-order valence-electron chi connectivity index (χ3n) is 1.56. The molecule has 10 heavy (non-hydrogen) atoms. The van der Waals surface area contributed by atoms with Gasteiger partial charge < -0.3 is 0 Å². The Morgan fingerprint density at radius 1 is 1.50 bits per heavy atom. The van der Waals surface area contributed by atoms with Crippen molar-refractivity contribution in [3.05, 3.63) is 0 Å². The molecule has 0 heterocycles. The van der Waals surface area contributed by atoms with Gasteiger partial charge in [0.15, 0.2) is 0 Å². The lowest BCUT2D eigenvalue weighted by molar-refractivity contribution is 0.886. The van der Waals surface area contributed by atoms with E-state index in [-0.39, 0.29) is 0 Å². The van der Waals surface area contributed by atoms with Gasteiger partial charge in [-0.25, -0.2) is 10.8 Å². The van der Waals surface area contributed by atoms with Crippen molar-refractivity contribution in [3.63, 3.8) is 0 Å². The molecule has 1 rings (SSSR count). The van der Waals surface area contributed by atoms with E-state index in [4.69, 9.17) is 18.1 Å². The van der Waals surface area contributed by atoms with Crippen molar-refractivity contribution < 1.29 is 0 Å². The van der Waals surface area contributed by atoms with Gasteiger partial charge in [0.2, 0.25) is 5.11 Å². The standard InChI is InChI=1S/C6H11N3S/c7-9-6(10)8-5-3-1-2-4-5/h1-4,7H2,(H,9,10). The molecule has 0 saturated heterocycles. The van der Waals surface area contributed by atoms with Gasteiger partial charge in [-0.15, -0.1) is 0 Å². The first-order valence-corrected chi connectivity index (χ1v) is 3.81. The fourth-order valence-electron chi connectivity index (χ4n) is 1.07. The summed E-state index contributed by atoms with van der Waals surface area (Å²) in [4.78, 5) is 4.11. The second-order valence-electron chi connectivity index (χ2n) is 2.33. The smallest absolute Gasteiger partial charge is 0.206 e. The Morgan fingerprint density at radius 2 is 2.10 bits per heavy atom. The summed E-state index contributed by atoms with van der Waals surface area (Å²) in [5.41, 5.74) is 3.52. The first-order valence-electron chi connectivity index (χ1n) is 3.40. The van der Waals surface area contributed by atoms with Crippen LogP contribution in [0.1, 0.15) is 25.7 Å². The molecule has 0 aliphatic heterocycles. The lowest BCUT2D eigenvalue weighted by Crippen LogP contribution is -2.27. The number of thiocarbonyl (C=S) groups is 1. The van der Waals surface area contributed by atoms with Crippen molar-refractivity contribution in [2.75, 3.05) is 0 Å². The van der Waals surface area contributed by atoms with Crippen LogP contribution in [0.15, 0.2) is 4.99 Å². The molecule has 0 aromatic carbocycles. The molecule has 1 aliphatic rings. The number of nitrogens with zero attached hydrogens (tertiary/aromatic N) is 1. The van der Waals surface area contributed by atoms with E-state index in [9.17, 15) is 0 Å². The molecule has 0 amide bonds. The minimum absolute atomic E-state index is 0.400. The number of hydrazine groups is 1. The monoisotopic (exact) mass is 157 g/mol. The average molecular weight is 157 g/mol. The van der Waals surface area contributed by atoms with E-state index in [1.54, 1.807) is 0 Å². The van der Waals surface area contributed by atoms with Gasteiger partial charge in [0, 0.05) is 5.71 Å². The van der Waals surface area contributed by atoms with E-state index in [0.717, 1.165) is 12.8 Å². The van der Waals surface area contributed by atoms with Crippen molar-refractivity contribution in [1.82, 2.24) is 5.43 Å². The van der Waals surface area contributed by atoms with Crippen molar-refractivity contribution in [2.24, 2.45) is 10.8 Å². The fourth-order valence-corrected chi connectivity index (χ4v) is 1.20. The molecule has 3 N–H and O–H groups in total. The summed E-state index contributed by atoms with van der Waals surface area (Å²) < 4.78 is 0. The molecule has 0 radical (unpaired) electrons. The quantitative estimate of drug-likeness (QED) is 0.310. The second-order valence-corrected chi connectivity index (χ2v) is 2.72. The summed E-state index contributed by atoms with van der Waals surface area (Å²) in [6, 6.07) is 0. The maximum absolute atomic E-state index is 5.05. The molecule has 1 saturated carbocycles. The van der Waals surface area contributed by atoms with Crippen LogP contribution in [0.2, 0.25) is 0 Å². The van der Waals surface area contributed by atoms with Crippen molar-refractivity contribution in [2.45, 2.75) is 25.7 Å². The molecule has 56 valence electrons. The summed E-state index contributed by atoms with van der Waals surface area (Å²) in [6.07, 6.45) is 4.65. The Morgan fingerprint density at radius 3 is 2.60 bits per heavy atom. The van der Waals surface area contributed by atoms with E-state index >= 15 is 0 Å². The number of nitrogens with one attached hydrogen (secondary N) is 1. The third-order valence-corrected chi connectivity index (χ3v) is 1.77. The van der Waals surface area contributed by atoms with E-state index in [2.05, 4.69) is 10.4 Å². The van der Waals surface area contributed by atoms with Crippen molar-refractivity contribution >= 4 is 23.0 Å². The summed E-state index contributed by atoms with van der Waals surface area (Å²) >= 11 is 4.77. The maximum atomic E-state index is 5.05. The first-order chi connectivity index (χ1) is 4.83. The maximum Gasteiger partial charge on any atom is 0.206 e. The molecule has 0 unspecified atom stereocenters. The van der Waals surface area contributed by atoms with Gasteiger partial charge in [0.1, 0.15) is 0 Å². The van der Waals surface area contributed by atoms with Crippen LogP contribution in [0.3, 0.4) is 0 Å². The van der Waals surface area contributed by atoms with Gasteiger partial charge in [0.25, 0.3) is 0 Å². The molecule has 1 fully saturated rings. The molecule has 0 spiro atoms. The minimum Gasteiger partial charge on any atom is -0.299 e. The zero-order chi connectivity index (χ0) is 7.40. The number of nitrogens with two attached hydrogens (primary N) is 1. The molecular weight excluding hydrogens is 146 g/mol. The van der Waals surface area contributed by atoms with Crippen molar-refractivity contribution in [3.8, 4) is 0 Å². The fraction of sp³-hybridized carbons (Fsp3) is 0.667. The Balaban J connectivity index is 2.45. The Kier molecular flexibility index (Phi) is 2.77. The molecule has 0 atom stereocenters. The Hall–Kier alpha value is -0.480. The van der Waals surface area contributed by atoms with Gasteiger partial charge >= 0.3 is 0 Å². The number of aliphatic imine (C=N–C) groups is 1. The minimum atomic E-state index is 0.400. The molecule has 4 heteroatoms. The van der Waals surface area contributed by atoms with Crippen LogP contribution in [0.25, 0.3) is 0 Å². The van der Waals surface area contributed by atoms with Gasteiger partial charge in [0.05, 0.1) is 0 Å². The largest absolute Gasteiger partial charge is 0.299 e. The van der Waals surface area contributed by atoms with Crippen LogP contribution < -0.4 is 11.3 Å². The van der Waals surface area contributed by atoms with Crippen molar-refractivity contribution in [1.29, 1.82) is 0 Å². The lowest BCUT2D eigenvalue weighted by atomic mass is 10.3. The van der Waals surface area contributed by atoms with Crippen LogP contribution in [0.5, 0.6) is 0 Å². The van der Waals surface area contributed by atoms with Crippen LogP contribution in [-0.4, -0.2) is 10.8 Å². The van der Waals surface area contributed by atoms with E-state index < -0.39 is 0 Å². The van der Waals surface area contributed by atoms with Gasteiger partial charge in [-0.05, 0) is 37.9 Å². The van der Waals surface area contributed by atoms with Crippen LogP contribution in [0.4, 0.5) is 0 Å². The normalized spacial score (nSPS) is 17.1. The van der Waals surface area contributed by atoms with Crippen LogP contribution in [-0.2, 0) is 0 Å². The topological polar surface area (TPSA) is 50.4 Å². The molecule has 0 bridgehead atoms.